The lowest BCUT2D eigenvalue weighted by Crippen LogP contribution is -2.41. The van der Waals surface area contributed by atoms with Crippen molar-refractivity contribution in [3.63, 3.8) is 0 Å². The van der Waals surface area contributed by atoms with Crippen molar-refractivity contribution in [2.24, 2.45) is 0 Å². The molecule has 0 fully saturated rings. The van der Waals surface area contributed by atoms with E-state index in [9.17, 15) is 4.79 Å². The molecule has 7 heteroatoms. The number of benzene rings is 2. The molecular formula is C24H23N3O3S. The second-order valence-corrected chi connectivity index (χ2v) is 8.39. The van der Waals surface area contributed by atoms with E-state index in [1.165, 1.54) is 11.3 Å². The number of H-pyrrole nitrogens is 1. The van der Waals surface area contributed by atoms with Gasteiger partial charge in [0.1, 0.15) is 23.4 Å². The number of likely N-dealkylation sites (N-methyl/N-ethyl adjacent to an activating group) is 1. The highest BCUT2D eigenvalue weighted by Gasteiger charge is 2.23. The second-order valence-electron chi connectivity index (χ2n) is 7.53. The van der Waals surface area contributed by atoms with E-state index in [-0.39, 0.29) is 11.7 Å². The first kappa shape index (κ1) is 19.8. The first-order valence-corrected chi connectivity index (χ1v) is 11.3. The molecule has 1 atom stereocenters. The summed E-state index contributed by atoms with van der Waals surface area (Å²) in [4.78, 5) is 23.6. The topological polar surface area (TPSA) is 67.5 Å². The molecule has 1 aliphatic rings. The number of ether oxygens (including phenoxy) is 2. The molecule has 0 saturated heterocycles. The fraction of sp³-hybridized carbons (Fsp3) is 0.250. The first-order chi connectivity index (χ1) is 15.2. The van der Waals surface area contributed by atoms with Gasteiger partial charge in [-0.05, 0) is 24.2 Å². The van der Waals surface area contributed by atoms with Crippen LogP contribution in [-0.4, -0.2) is 40.7 Å². The maximum Gasteiger partial charge on any atom is 0.260 e. The van der Waals surface area contributed by atoms with E-state index in [0.29, 0.717) is 30.9 Å². The van der Waals surface area contributed by atoms with Gasteiger partial charge in [-0.2, -0.15) is 0 Å². The van der Waals surface area contributed by atoms with Gasteiger partial charge < -0.3 is 14.5 Å². The number of hydrogen-bond acceptors (Lipinski definition) is 6. The SMILES string of the molecule is CCN(Cc1nc2scc(-c3ccccc3)c2c(=O)[nH]1)CC1COc2ccccc2O1. The fourth-order valence-corrected chi connectivity index (χ4v) is 4.82. The van der Waals surface area contributed by atoms with E-state index in [2.05, 4.69) is 16.8 Å². The van der Waals surface area contributed by atoms with Gasteiger partial charge in [-0.3, -0.25) is 9.69 Å². The van der Waals surface area contributed by atoms with E-state index in [0.717, 1.165) is 34.0 Å². The lowest BCUT2D eigenvalue weighted by molar-refractivity contribution is 0.0573. The van der Waals surface area contributed by atoms with E-state index in [1.54, 1.807) is 0 Å². The number of para-hydroxylation sites is 2. The summed E-state index contributed by atoms with van der Waals surface area (Å²) in [5.74, 6) is 2.22. The van der Waals surface area contributed by atoms with Crippen molar-refractivity contribution >= 4 is 21.6 Å². The molecule has 158 valence electrons. The van der Waals surface area contributed by atoms with Crippen LogP contribution in [0.25, 0.3) is 21.3 Å². The van der Waals surface area contributed by atoms with Gasteiger partial charge in [0.15, 0.2) is 11.5 Å². The van der Waals surface area contributed by atoms with Crippen LogP contribution in [-0.2, 0) is 6.54 Å². The smallest absolute Gasteiger partial charge is 0.260 e. The van der Waals surface area contributed by atoms with E-state index < -0.39 is 0 Å². The van der Waals surface area contributed by atoms with Gasteiger partial charge in [-0.15, -0.1) is 11.3 Å². The molecule has 0 saturated carbocycles. The Morgan fingerprint density at radius 2 is 1.90 bits per heavy atom. The largest absolute Gasteiger partial charge is 0.486 e. The average Bonchev–Trinajstić information content (AvgIpc) is 3.24. The van der Waals surface area contributed by atoms with Crippen LogP contribution in [0.5, 0.6) is 11.5 Å². The molecule has 3 heterocycles. The number of thiophene rings is 1. The molecular weight excluding hydrogens is 410 g/mol. The Morgan fingerprint density at radius 1 is 1.13 bits per heavy atom. The first-order valence-electron chi connectivity index (χ1n) is 10.4. The van der Waals surface area contributed by atoms with E-state index >= 15 is 0 Å². The molecule has 2 aromatic heterocycles. The van der Waals surface area contributed by atoms with Crippen molar-refractivity contribution in [2.75, 3.05) is 19.7 Å². The second kappa shape index (κ2) is 8.53. The lowest BCUT2D eigenvalue weighted by atomic mass is 10.1. The number of aromatic amines is 1. The van der Waals surface area contributed by atoms with Crippen molar-refractivity contribution < 1.29 is 9.47 Å². The predicted octanol–water partition coefficient (Wildman–Crippen LogP) is 4.31. The Hall–Kier alpha value is -3.16. The van der Waals surface area contributed by atoms with Crippen LogP contribution >= 0.6 is 11.3 Å². The molecule has 0 bridgehead atoms. The third-order valence-corrected chi connectivity index (χ3v) is 6.30. The van der Waals surface area contributed by atoms with E-state index in [4.69, 9.17) is 14.5 Å². The highest BCUT2D eigenvalue weighted by Crippen LogP contribution is 2.32. The summed E-state index contributed by atoms with van der Waals surface area (Å²) in [5, 5.41) is 2.66. The Bertz CT molecular complexity index is 1250. The Morgan fingerprint density at radius 3 is 2.71 bits per heavy atom. The molecule has 31 heavy (non-hydrogen) atoms. The van der Waals surface area contributed by atoms with Gasteiger partial charge in [0, 0.05) is 17.5 Å². The number of rotatable bonds is 6. The zero-order valence-electron chi connectivity index (χ0n) is 17.2. The van der Waals surface area contributed by atoms with Crippen LogP contribution in [0, 0.1) is 0 Å². The Labute approximate surface area is 184 Å². The minimum absolute atomic E-state index is 0.0725. The van der Waals surface area contributed by atoms with Gasteiger partial charge in [0.25, 0.3) is 5.56 Å². The minimum Gasteiger partial charge on any atom is -0.486 e. The number of nitrogens with zero attached hydrogens (tertiary/aromatic N) is 2. The minimum atomic E-state index is -0.0951. The average molecular weight is 434 g/mol. The van der Waals surface area contributed by atoms with Crippen LogP contribution in [0.4, 0.5) is 0 Å². The molecule has 1 unspecified atom stereocenters. The Balaban J connectivity index is 1.34. The number of aromatic nitrogens is 2. The summed E-state index contributed by atoms with van der Waals surface area (Å²) < 4.78 is 11.9. The van der Waals surface area contributed by atoms with Crippen molar-refractivity contribution in [1.29, 1.82) is 0 Å². The third kappa shape index (κ3) is 4.06. The van der Waals surface area contributed by atoms with Gasteiger partial charge in [-0.25, -0.2) is 4.98 Å². The van der Waals surface area contributed by atoms with Crippen molar-refractivity contribution in [3.8, 4) is 22.6 Å². The standard InChI is InChI=1S/C24H23N3O3S/c1-2-27(12-17-14-29-19-10-6-7-11-20(19)30-17)13-21-25-23(28)22-18(15-31-24(22)26-21)16-8-4-3-5-9-16/h3-11,15,17H,2,12-14H2,1H3,(H,25,26,28). The Kier molecular flexibility index (Phi) is 5.44. The van der Waals surface area contributed by atoms with Gasteiger partial charge >= 0.3 is 0 Å². The summed E-state index contributed by atoms with van der Waals surface area (Å²) in [6, 6.07) is 17.7. The summed E-state index contributed by atoms with van der Waals surface area (Å²) in [6.07, 6.45) is -0.0725. The molecule has 5 rings (SSSR count). The number of hydrogen-bond donors (Lipinski definition) is 1. The maximum atomic E-state index is 12.9. The summed E-state index contributed by atoms with van der Waals surface area (Å²) in [5.41, 5.74) is 1.86. The van der Waals surface area contributed by atoms with Crippen molar-refractivity contribution in [2.45, 2.75) is 19.6 Å². The number of nitrogens with one attached hydrogen (secondary N) is 1. The monoisotopic (exact) mass is 433 g/mol. The molecule has 0 radical (unpaired) electrons. The fourth-order valence-electron chi connectivity index (χ4n) is 3.86. The summed E-state index contributed by atoms with van der Waals surface area (Å²) >= 11 is 1.51. The number of fused-ring (bicyclic) bond motifs is 2. The summed E-state index contributed by atoms with van der Waals surface area (Å²) in [7, 11) is 0. The maximum absolute atomic E-state index is 12.9. The predicted molar refractivity (Wildman–Crippen MR) is 123 cm³/mol. The third-order valence-electron chi connectivity index (χ3n) is 5.43. The molecule has 6 nitrogen and oxygen atoms in total. The molecule has 0 amide bonds. The molecule has 0 spiro atoms. The van der Waals surface area contributed by atoms with Crippen LogP contribution in [0.3, 0.4) is 0 Å². The van der Waals surface area contributed by atoms with Crippen LogP contribution in [0.2, 0.25) is 0 Å². The molecule has 1 N–H and O–H groups in total. The van der Waals surface area contributed by atoms with Gasteiger partial charge in [0.2, 0.25) is 0 Å². The zero-order valence-corrected chi connectivity index (χ0v) is 18.0. The van der Waals surface area contributed by atoms with Crippen molar-refractivity contribution in [1.82, 2.24) is 14.9 Å². The van der Waals surface area contributed by atoms with Crippen molar-refractivity contribution in [3.05, 3.63) is 76.2 Å². The highest BCUT2D eigenvalue weighted by molar-refractivity contribution is 7.17. The normalized spacial score (nSPS) is 15.5. The molecule has 2 aromatic carbocycles. The van der Waals surface area contributed by atoms with Crippen LogP contribution in [0.1, 0.15) is 12.7 Å². The van der Waals surface area contributed by atoms with E-state index in [1.807, 2.05) is 60.0 Å². The lowest BCUT2D eigenvalue weighted by Gasteiger charge is -2.30. The van der Waals surface area contributed by atoms with Gasteiger partial charge in [-0.1, -0.05) is 49.4 Å². The van der Waals surface area contributed by atoms with Crippen LogP contribution < -0.4 is 15.0 Å². The van der Waals surface area contributed by atoms with Gasteiger partial charge in [0.05, 0.1) is 11.9 Å². The van der Waals surface area contributed by atoms with Crippen LogP contribution in [0.15, 0.2) is 64.8 Å². The molecule has 1 aliphatic heterocycles. The summed E-state index contributed by atoms with van der Waals surface area (Å²) in [6.45, 7) is 4.63. The molecule has 0 aliphatic carbocycles. The quantitative estimate of drug-likeness (QED) is 0.491. The zero-order chi connectivity index (χ0) is 21.2. The highest BCUT2D eigenvalue weighted by atomic mass is 32.1. The molecule has 4 aromatic rings.